The van der Waals surface area contributed by atoms with Gasteiger partial charge in [0.15, 0.2) is 0 Å². The van der Waals surface area contributed by atoms with E-state index in [0.717, 1.165) is 24.6 Å². The van der Waals surface area contributed by atoms with Gasteiger partial charge in [-0.15, -0.1) is 0 Å². The van der Waals surface area contributed by atoms with E-state index in [1.165, 1.54) is 53.2 Å². The van der Waals surface area contributed by atoms with Crippen molar-refractivity contribution in [3.8, 4) is 23.2 Å². The Morgan fingerprint density at radius 2 is 1.82 bits per heavy atom. The Balaban J connectivity index is 1.29. The van der Waals surface area contributed by atoms with Crippen molar-refractivity contribution in [3.63, 3.8) is 0 Å². The third-order valence-corrected chi connectivity index (χ3v) is 7.46. The second kappa shape index (κ2) is 11.7. The molecule has 5 aromatic rings. The zero-order valence-electron chi connectivity index (χ0n) is 23.0. The number of ether oxygens (including phenoxy) is 2. The summed E-state index contributed by atoms with van der Waals surface area (Å²) in [7, 11) is 0. The number of halogens is 3. The van der Waals surface area contributed by atoms with Crippen LogP contribution in [0.4, 0.5) is 13.2 Å². The molecule has 1 unspecified atom stereocenters. The number of fused-ring (bicyclic) bond motifs is 1. The maximum Gasteiger partial charge on any atom is 0.335 e. The molecular weight excluding hydrogens is 577 g/mol. The molecule has 12 heteroatoms. The minimum absolute atomic E-state index is 0.0137. The summed E-state index contributed by atoms with van der Waals surface area (Å²) in [6, 6.07) is 16.4. The van der Waals surface area contributed by atoms with E-state index in [0.29, 0.717) is 12.1 Å². The molecule has 9 nitrogen and oxygen atoms in total. The number of hydrogen-bond donors (Lipinski definition) is 1. The summed E-state index contributed by atoms with van der Waals surface area (Å²) in [4.78, 5) is 29.1. The van der Waals surface area contributed by atoms with E-state index in [1.807, 2.05) is 6.07 Å². The third-order valence-electron chi connectivity index (χ3n) is 7.46. The number of aromatic nitrogens is 3. The molecule has 3 heterocycles. The Labute approximate surface area is 247 Å². The quantitative estimate of drug-likeness (QED) is 0.245. The summed E-state index contributed by atoms with van der Waals surface area (Å²) >= 11 is 0. The summed E-state index contributed by atoms with van der Waals surface area (Å²) in [5, 5.41) is 18.6. The van der Waals surface area contributed by atoms with Crippen LogP contribution in [0.3, 0.4) is 0 Å². The molecule has 0 aliphatic carbocycles. The molecule has 1 aliphatic heterocycles. The predicted molar refractivity (Wildman–Crippen MR) is 152 cm³/mol. The Bertz CT molecular complexity index is 2030. The number of carboxylic acid groups (broad SMARTS) is 1. The van der Waals surface area contributed by atoms with E-state index >= 15 is 8.78 Å². The van der Waals surface area contributed by atoms with Crippen molar-refractivity contribution in [2.24, 2.45) is 0 Å². The van der Waals surface area contributed by atoms with Crippen molar-refractivity contribution < 1.29 is 32.5 Å². The van der Waals surface area contributed by atoms with Crippen molar-refractivity contribution in [3.05, 3.63) is 117 Å². The zero-order valence-corrected chi connectivity index (χ0v) is 23.0. The molecule has 3 aromatic carbocycles. The van der Waals surface area contributed by atoms with E-state index in [4.69, 9.17) is 14.7 Å². The van der Waals surface area contributed by atoms with Crippen molar-refractivity contribution in [2.45, 2.75) is 32.2 Å². The van der Waals surface area contributed by atoms with E-state index in [1.54, 1.807) is 4.68 Å². The molecule has 0 saturated carbocycles. The number of carbonyl (C=O) groups is 1. The highest BCUT2D eigenvalue weighted by molar-refractivity contribution is 5.93. The minimum atomic E-state index is -1.16. The SMILES string of the molecule is N#Cc1ccc(COc2cccc(-c3cc(F)c(Cn4c(=O)c5ccc(C(=O)O)cc5n4CC4CCO4)cc3F)n2)c(F)c1. The van der Waals surface area contributed by atoms with Gasteiger partial charge in [0.1, 0.15) is 24.1 Å². The molecule has 1 N–H and O–H groups in total. The average Bonchev–Trinajstić information content (AvgIpc) is 3.25. The van der Waals surface area contributed by atoms with Crippen LogP contribution in [-0.4, -0.2) is 38.1 Å². The first kappa shape index (κ1) is 28.7. The number of pyridine rings is 1. The number of carboxylic acids is 1. The highest BCUT2D eigenvalue weighted by atomic mass is 19.1. The maximum absolute atomic E-state index is 15.5. The van der Waals surface area contributed by atoms with Crippen LogP contribution in [0.1, 0.15) is 33.5 Å². The summed E-state index contributed by atoms with van der Waals surface area (Å²) in [5.41, 5.74) is 0.0276. The molecule has 0 bridgehead atoms. The predicted octanol–water partition coefficient (Wildman–Crippen LogP) is 5.27. The van der Waals surface area contributed by atoms with Gasteiger partial charge in [-0.05, 0) is 55.0 Å². The lowest BCUT2D eigenvalue weighted by Crippen LogP contribution is -2.35. The number of hydrogen-bond acceptors (Lipinski definition) is 6. The van der Waals surface area contributed by atoms with Gasteiger partial charge in [0.25, 0.3) is 5.56 Å². The number of nitrogens with zero attached hydrogens (tertiary/aromatic N) is 4. The molecule has 1 aliphatic rings. The first-order valence-corrected chi connectivity index (χ1v) is 13.6. The molecule has 222 valence electrons. The Morgan fingerprint density at radius 3 is 2.52 bits per heavy atom. The molecular formula is C32H23F3N4O5. The summed E-state index contributed by atoms with van der Waals surface area (Å²) in [6.07, 6.45) is 0.533. The zero-order chi connectivity index (χ0) is 31.0. The lowest BCUT2D eigenvalue weighted by atomic mass is 10.1. The van der Waals surface area contributed by atoms with E-state index in [9.17, 15) is 19.1 Å². The summed E-state index contributed by atoms with van der Waals surface area (Å²) < 4.78 is 59.0. The third kappa shape index (κ3) is 5.52. The van der Waals surface area contributed by atoms with Crippen LogP contribution in [0.15, 0.2) is 71.5 Å². The van der Waals surface area contributed by atoms with Crippen LogP contribution in [0.2, 0.25) is 0 Å². The molecule has 1 saturated heterocycles. The van der Waals surface area contributed by atoms with Gasteiger partial charge in [0.05, 0.1) is 53.0 Å². The number of rotatable bonds is 9. The molecule has 0 amide bonds. The fraction of sp³-hybridized carbons (Fsp3) is 0.188. The van der Waals surface area contributed by atoms with Crippen LogP contribution < -0.4 is 10.3 Å². The molecule has 1 atom stereocenters. The van der Waals surface area contributed by atoms with Gasteiger partial charge >= 0.3 is 5.97 Å². The fourth-order valence-corrected chi connectivity index (χ4v) is 5.01. The van der Waals surface area contributed by atoms with E-state index in [-0.39, 0.29) is 70.6 Å². The van der Waals surface area contributed by atoms with Gasteiger partial charge in [-0.3, -0.25) is 9.48 Å². The van der Waals surface area contributed by atoms with Crippen molar-refractivity contribution in [1.29, 1.82) is 5.26 Å². The molecule has 44 heavy (non-hydrogen) atoms. The first-order chi connectivity index (χ1) is 21.2. The van der Waals surface area contributed by atoms with Gasteiger partial charge in [-0.2, -0.15) is 5.26 Å². The fourth-order valence-electron chi connectivity index (χ4n) is 5.01. The number of nitriles is 1. The molecule has 0 radical (unpaired) electrons. The highest BCUT2D eigenvalue weighted by Gasteiger charge is 2.24. The second-order valence-electron chi connectivity index (χ2n) is 10.3. The Kier molecular flexibility index (Phi) is 7.63. The van der Waals surface area contributed by atoms with Crippen molar-refractivity contribution in [1.82, 2.24) is 14.3 Å². The van der Waals surface area contributed by atoms with Gasteiger partial charge < -0.3 is 14.6 Å². The monoisotopic (exact) mass is 600 g/mol. The summed E-state index contributed by atoms with van der Waals surface area (Å²) in [5.74, 6) is -3.32. The summed E-state index contributed by atoms with van der Waals surface area (Å²) in [6.45, 7) is 0.264. The topological polar surface area (TPSA) is 119 Å². The van der Waals surface area contributed by atoms with E-state index < -0.39 is 29.0 Å². The number of benzene rings is 3. The van der Waals surface area contributed by atoms with E-state index in [2.05, 4.69) is 4.98 Å². The van der Waals surface area contributed by atoms with Crippen LogP contribution in [0.5, 0.6) is 5.88 Å². The molecule has 1 fully saturated rings. The molecule has 6 rings (SSSR count). The van der Waals surface area contributed by atoms with Crippen LogP contribution in [0, 0.1) is 28.8 Å². The number of aromatic carboxylic acids is 1. The largest absolute Gasteiger partial charge is 0.478 e. The second-order valence-corrected chi connectivity index (χ2v) is 10.3. The van der Waals surface area contributed by atoms with Gasteiger partial charge in [-0.1, -0.05) is 12.1 Å². The standard InChI is InChI=1S/C32H23F3N4O5/c33-25-10-18(14-36)4-5-20(25)17-44-30-3-1-2-28(37-30)24-13-26(34)21(11-27(24)35)15-39-31(40)23-7-6-19(32(41)42)12-29(23)38(39)16-22-8-9-43-22/h1-7,10-13,22H,8-9,15-17H2,(H,41,42). The first-order valence-electron chi connectivity index (χ1n) is 13.6. The normalized spacial score (nSPS) is 14.3. The van der Waals surface area contributed by atoms with Crippen molar-refractivity contribution >= 4 is 16.9 Å². The van der Waals surface area contributed by atoms with Crippen LogP contribution in [-0.2, 0) is 24.4 Å². The average molecular weight is 601 g/mol. The van der Waals surface area contributed by atoms with Gasteiger partial charge in [-0.25, -0.2) is 27.6 Å². The molecule has 0 spiro atoms. The molecule has 2 aromatic heterocycles. The lowest BCUT2D eigenvalue weighted by molar-refractivity contribution is -0.0618. The van der Waals surface area contributed by atoms with Crippen LogP contribution in [0.25, 0.3) is 22.2 Å². The Hall–Kier alpha value is -5.41. The lowest BCUT2D eigenvalue weighted by Gasteiger charge is -2.28. The minimum Gasteiger partial charge on any atom is -0.478 e. The van der Waals surface area contributed by atoms with Gasteiger partial charge in [0.2, 0.25) is 5.88 Å². The smallest absolute Gasteiger partial charge is 0.335 e. The van der Waals surface area contributed by atoms with Gasteiger partial charge in [0, 0.05) is 29.4 Å². The maximum atomic E-state index is 15.5. The van der Waals surface area contributed by atoms with Crippen molar-refractivity contribution in [2.75, 3.05) is 6.61 Å². The highest BCUT2D eigenvalue weighted by Crippen LogP contribution is 2.27. The van der Waals surface area contributed by atoms with Crippen LogP contribution >= 0.6 is 0 Å². The Morgan fingerprint density at radius 1 is 1.02 bits per heavy atom.